The highest BCUT2D eigenvalue weighted by Gasteiger charge is 2.31. The van der Waals surface area contributed by atoms with Crippen LogP contribution in [0.2, 0.25) is 0 Å². The van der Waals surface area contributed by atoms with Crippen LogP contribution in [0.25, 0.3) is 0 Å². The number of nitrogens with zero attached hydrogens (tertiary/aromatic N) is 2. The molecule has 3 nitrogen and oxygen atoms in total. The molecule has 1 heterocycles. The van der Waals surface area contributed by atoms with Crippen LogP contribution in [0.5, 0.6) is 0 Å². The zero-order valence-electron chi connectivity index (χ0n) is 10.6. The van der Waals surface area contributed by atoms with Crippen molar-refractivity contribution in [2.24, 2.45) is 7.05 Å². The van der Waals surface area contributed by atoms with Crippen molar-refractivity contribution in [3.63, 3.8) is 0 Å². The fourth-order valence-corrected chi connectivity index (χ4v) is 2.05. The number of aryl methyl sites for hydroxylation is 1. The number of hydrogen-bond donors (Lipinski definition) is 1. The van der Waals surface area contributed by atoms with Crippen molar-refractivity contribution in [3.05, 3.63) is 53.3 Å². The van der Waals surface area contributed by atoms with Crippen molar-refractivity contribution in [2.75, 3.05) is 7.05 Å². The summed E-state index contributed by atoms with van der Waals surface area (Å²) in [5, 5.41) is 7.05. The van der Waals surface area contributed by atoms with E-state index in [1.165, 1.54) is 6.07 Å². The summed E-state index contributed by atoms with van der Waals surface area (Å²) in [5.41, 5.74) is 0.718. The molecule has 1 atom stereocenters. The number of benzene rings is 1. The zero-order chi connectivity index (χ0) is 14.0. The Balaban J connectivity index is 2.42. The van der Waals surface area contributed by atoms with Crippen molar-refractivity contribution in [1.82, 2.24) is 15.1 Å². The van der Waals surface area contributed by atoms with E-state index in [-0.39, 0.29) is 6.04 Å². The third-order valence-corrected chi connectivity index (χ3v) is 2.99. The van der Waals surface area contributed by atoms with Gasteiger partial charge in [0.05, 0.1) is 17.3 Å². The van der Waals surface area contributed by atoms with Crippen LogP contribution < -0.4 is 5.32 Å². The number of aromatic nitrogens is 2. The molecular weight excluding hydrogens is 255 g/mol. The van der Waals surface area contributed by atoms with Gasteiger partial charge in [0, 0.05) is 13.2 Å². The van der Waals surface area contributed by atoms with Crippen LogP contribution in [0.4, 0.5) is 13.2 Å². The SMILES string of the molecule is CNC(c1cccc(C(F)(F)F)c1)c1ccnn1C. The molecule has 0 bridgehead atoms. The molecule has 1 N–H and O–H groups in total. The van der Waals surface area contributed by atoms with E-state index in [0.29, 0.717) is 5.56 Å². The van der Waals surface area contributed by atoms with E-state index >= 15 is 0 Å². The van der Waals surface area contributed by atoms with Crippen molar-refractivity contribution < 1.29 is 13.2 Å². The van der Waals surface area contributed by atoms with Crippen molar-refractivity contribution in [3.8, 4) is 0 Å². The molecule has 19 heavy (non-hydrogen) atoms. The van der Waals surface area contributed by atoms with Gasteiger partial charge >= 0.3 is 6.18 Å². The van der Waals surface area contributed by atoms with Gasteiger partial charge < -0.3 is 5.32 Å². The normalized spacial score (nSPS) is 13.5. The molecule has 1 aromatic carbocycles. The summed E-state index contributed by atoms with van der Waals surface area (Å²) in [6.07, 6.45) is -2.71. The van der Waals surface area contributed by atoms with Gasteiger partial charge in [0.1, 0.15) is 0 Å². The van der Waals surface area contributed by atoms with E-state index < -0.39 is 11.7 Å². The highest BCUT2D eigenvalue weighted by Crippen LogP contribution is 2.31. The fourth-order valence-electron chi connectivity index (χ4n) is 2.05. The Labute approximate surface area is 109 Å². The predicted octanol–water partition coefficient (Wildman–Crippen LogP) is 2.75. The highest BCUT2D eigenvalue weighted by atomic mass is 19.4. The Bertz CT molecular complexity index is 560. The lowest BCUT2D eigenvalue weighted by atomic mass is 10.0. The molecule has 0 aliphatic heterocycles. The average Bonchev–Trinajstić information content (AvgIpc) is 2.76. The van der Waals surface area contributed by atoms with Crippen molar-refractivity contribution in [1.29, 1.82) is 0 Å². The monoisotopic (exact) mass is 269 g/mol. The maximum Gasteiger partial charge on any atom is 0.416 e. The van der Waals surface area contributed by atoms with E-state index in [9.17, 15) is 13.2 Å². The third-order valence-electron chi connectivity index (χ3n) is 2.99. The number of nitrogens with one attached hydrogen (secondary N) is 1. The molecule has 2 rings (SSSR count). The lowest BCUT2D eigenvalue weighted by molar-refractivity contribution is -0.137. The summed E-state index contributed by atoms with van der Waals surface area (Å²) in [7, 11) is 3.46. The van der Waals surface area contributed by atoms with E-state index in [1.807, 2.05) is 0 Å². The van der Waals surface area contributed by atoms with Crippen LogP contribution in [0.15, 0.2) is 36.5 Å². The summed E-state index contributed by atoms with van der Waals surface area (Å²) >= 11 is 0. The fraction of sp³-hybridized carbons (Fsp3) is 0.308. The predicted molar refractivity (Wildman–Crippen MR) is 65.6 cm³/mol. The summed E-state index contributed by atoms with van der Waals surface area (Å²) in [6.45, 7) is 0. The van der Waals surface area contributed by atoms with Gasteiger partial charge in [0.25, 0.3) is 0 Å². The molecular formula is C13H14F3N3. The lowest BCUT2D eigenvalue weighted by Gasteiger charge is -2.18. The number of alkyl halides is 3. The minimum atomic E-state index is -4.33. The van der Waals surface area contributed by atoms with Crippen LogP contribution >= 0.6 is 0 Å². The third kappa shape index (κ3) is 2.78. The molecule has 0 aliphatic rings. The van der Waals surface area contributed by atoms with Gasteiger partial charge in [-0.25, -0.2) is 0 Å². The van der Waals surface area contributed by atoms with Crippen LogP contribution in [0.3, 0.4) is 0 Å². The van der Waals surface area contributed by atoms with Gasteiger partial charge in [-0.15, -0.1) is 0 Å². The van der Waals surface area contributed by atoms with Crippen LogP contribution in [0.1, 0.15) is 22.9 Å². The summed E-state index contributed by atoms with van der Waals surface area (Å²) in [4.78, 5) is 0. The largest absolute Gasteiger partial charge is 0.416 e. The minimum absolute atomic E-state index is 0.324. The molecule has 0 spiro atoms. The number of rotatable bonds is 3. The smallest absolute Gasteiger partial charge is 0.308 e. The van der Waals surface area contributed by atoms with Gasteiger partial charge in [-0.3, -0.25) is 4.68 Å². The van der Waals surface area contributed by atoms with Gasteiger partial charge in [0.2, 0.25) is 0 Å². The first kappa shape index (κ1) is 13.6. The van der Waals surface area contributed by atoms with Crippen LogP contribution in [0, 0.1) is 0 Å². The van der Waals surface area contributed by atoms with Crippen LogP contribution in [-0.4, -0.2) is 16.8 Å². The second kappa shape index (κ2) is 5.05. The minimum Gasteiger partial charge on any atom is -0.308 e. The molecule has 1 aromatic heterocycles. The van der Waals surface area contributed by atoms with E-state index in [0.717, 1.165) is 17.8 Å². The maximum atomic E-state index is 12.7. The zero-order valence-corrected chi connectivity index (χ0v) is 10.6. The molecule has 2 aromatic rings. The Hall–Kier alpha value is -1.82. The quantitative estimate of drug-likeness (QED) is 0.928. The molecule has 0 amide bonds. The molecule has 102 valence electrons. The number of halogens is 3. The molecule has 0 saturated carbocycles. The Morgan fingerprint density at radius 2 is 2.00 bits per heavy atom. The first-order chi connectivity index (χ1) is 8.93. The van der Waals surface area contributed by atoms with Gasteiger partial charge in [-0.05, 0) is 30.8 Å². The van der Waals surface area contributed by atoms with Crippen molar-refractivity contribution in [2.45, 2.75) is 12.2 Å². The molecule has 6 heteroatoms. The summed E-state index contributed by atoms with van der Waals surface area (Å²) in [5.74, 6) is 0. The van der Waals surface area contributed by atoms with Gasteiger partial charge in [-0.1, -0.05) is 12.1 Å². The summed E-state index contributed by atoms with van der Waals surface area (Å²) in [6, 6.07) is 6.77. The van der Waals surface area contributed by atoms with E-state index in [4.69, 9.17) is 0 Å². The second-order valence-corrected chi connectivity index (χ2v) is 4.22. The molecule has 0 radical (unpaired) electrons. The molecule has 0 saturated heterocycles. The van der Waals surface area contributed by atoms with Gasteiger partial charge in [0.15, 0.2) is 0 Å². The Morgan fingerprint density at radius 3 is 2.53 bits per heavy atom. The molecule has 1 unspecified atom stereocenters. The second-order valence-electron chi connectivity index (χ2n) is 4.22. The maximum absolute atomic E-state index is 12.7. The first-order valence-electron chi connectivity index (χ1n) is 5.76. The average molecular weight is 269 g/mol. The topological polar surface area (TPSA) is 29.9 Å². The highest BCUT2D eigenvalue weighted by molar-refractivity contribution is 5.32. The van der Waals surface area contributed by atoms with Crippen LogP contribution in [-0.2, 0) is 13.2 Å². The van der Waals surface area contributed by atoms with E-state index in [1.54, 1.807) is 37.1 Å². The van der Waals surface area contributed by atoms with Crippen molar-refractivity contribution >= 4 is 0 Å². The van der Waals surface area contributed by atoms with Gasteiger partial charge in [-0.2, -0.15) is 18.3 Å². The Kier molecular flexibility index (Phi) is 3.61. The number of hydrogen-bond acceptors (Lipinski definition) is 2. The Morgan fingerprint density at radius 1 is 1.26 bits per heavy atom. The molecule has 0 fully saturated rings. The molecule has 0 aliphatic carbocycles. The lowest BCUT2D eigenvalue weighted by Crippen LogP contribution is -2.21. The first-order valence-corrected chi connectivity index (χ1v) is 5.76. The standard InChI is InChI=1S/C13H14F3N3/c1-17-12(11-6-7-18-19(11)2)9-4-3-5-10(8-9)13(14,15)16/h3-8,12,17H,1-2H3. The van der Waals surface area contributed by atoms with E-state index in [2.05, 4.69) is 10.4 Å². The summed E-state index contributed by atoms with van der Waals surface area (Å²) < 4.78 is 39.8.